The molecule has 2 atom stereocenters. The van der Waals surface area contributed by atoms with Gasteiger partial charge in [-0.05, 0) is 70.6 Å². The summed E-state index contributed by atoms with van der Waals surface area (Å²) in [6.45, 7) is 4.19. The van der Waals surface area contributed by atoms with Crippen molar-refractivity contribution in [3.63, 3.8) is 0 Å². The van der Waals surface area contributed by atoms with E-state index >= 15 is 0 Å². The summed E-state index contributed by atoms with van der Waals surface area (Å²) in [7, 11) is 1.42. The standard InChI is InChI=1S/C46H80NO8P/c1-6-8-10-12-14-16-18-20-21-22-23-24-25-27-28-30-32-34-36-38-45(48)52-42-44(43-54-56(50,51)53-41-40-47(3,4)5)55-46(49)39-37-35-33-31-29-26-19-17-15-13-11-9-7-2/h8,10,14,16,20-21,23-24,26,29,33,35,44H,6-7,9,11-13,15,17-19,22,25,27-28,30-32,34,36-43H2,1-5H3/p+1/b10-8+,16-14+,21-20+,24-23+,29-26+,35-33+. The Hall–Kier alpha value is -2.55. The van der Waals surface area contributed by atoms with E-state index in [1.807, 2.05) is 33.3 Å². The van der Waals surface area contributed by atoms with Crippen LogP contribution in [-0.2, 0) is 32.7 Å². The number of hydrogen-bond acceptors (Lipinski definition) is 7. The Morgan fingerprint density at radius 1 is 0.571 bits per heavy atom. The molecule has 56 heavy (non-hydrogen) atoms. The zero-order chi connectivity index (χ0) is 41.4. The molecule has 0 rings (SSSR count). The van der Waals surface area contributed by atoms with Gasteiger partial charge in [-0.1, -0.05) is 145 Å². The Labute approximate surface area is 342 Å². The maximum atomic E-state index is 12.6. The Bertz CT molecular complexity index is 1180. The highest BCUT2D eigenvalue weighted by molar-refractivity contribution is 7.47. The summed E-state index contributed by atoms with van der Waals surface area (Å²) in [5.41, 5.74) is 0. The van der Waals surface area contributed by atoms with E-state index in [1.165, 1.54) is 38.5 Å². The number of phosphoric ester groups is 1. The first-order chi connectivity index (χ1) is 27.0. The molecule has 1 N–H and O–H groups in total. The lowest BCUT2D eigenvalue weighted by molar-refractivity contribution is -0.870. The molecule has 0 radical (unpaired) electrons. The monoisotopic (exact) mass is 807 g/mol. The van der Waals surface area contributed by atoms with Crippen molar-refractivity contribution in [1.82, 2.24) is 0 Å². The van der Waals surface area contributed by atoms with Gasteiger partial charge in [0.15, 0.2) is 6.10 Å². The highest BCUT2D eigenvalue weighted by Crippen LogP contribution is 2.43. The lowest BCUT2D eigenvalue weighted by Gasteiger charge is -2.24. The van der Waals surface area contributed by atoms with Crippen molar-refractivity contribution in [2.75, 3.05) is 47.5 Å². The molecule has 0 bridgehead atoms. The van der Waals surface area contributed by atoms with Crippen LogP contribution in [0.4, 0.5) is 0 Å². The highest BCUT2D eigenvalue weighted by Gasteiger charge is 2.27. The minimum atomic E-state index is -4.39. The van der Waals surface area contributed by atoms with Crippen LogP contribution < -0.4 is 0 Å². The fourth-order valence-corrected chi connectivity index (χ4v) is 6.09. The summed E-state index contributed by atoms with van der Waals surface area (Å²) < 4.78 is 34.2. The van der Waals surface area contributed by atoms with E-state index in [-0.39, 0.29) is 26.1 Å². The molecular formula is C46H81NO8P+. The van der Waals surface area contributed by atoms with E-state index in [4.69, 9.17) is 18.5 Å². The number of quaternary nitrogens is 1. The van der Waals surface area contributed by atoms with Crippen LogP contribution in [0, 0.1) is 0 Å². The van der Waals surface area contributed by atoms with Crippen LogP contribution in [0.25, 0.3) is 0 Å². The van der Waals surface area contributed by atoms with Gasteiger partial charge in [-0.2, -0.15) is 0 Å². The van der Waals surface area contributed by atoms with Gasteiger partial charge in [0.25, 0.3) is 0 Å². The highest BCUT2D eigenvalue weighted by atomic mass is 31.2. The van der Waals surface area contributed by atoms with Crippen LogP contribution in [0.1, 0.15) is 155 Å². The molecule has 2 unspecified atom stereocenters. The SMILES string of the molecule is CC/C=C/C/C=C/C/C=C/C/C=C/CCCCCCCCC(=O)OCC(COP(=O)(O)OCC[N+](C)(C)C)OC(=O)CC/C=C/C/C=C/CCCCCCCC. The summed E-state index contributed by atoms with van der Waals surface area (Å²) >= 11 is 0. The van der Waals surface area contributed by atoms with Gasteiger partial charge < -0.3 is 18.9 Å². The maximum absolute atomic E-state index is 12.6. The molecule has 0 saturated carbocycles. The molecule has 0 aliphatic heterocycles. The third-order valence-electron chi connectivity index (χ3n) is 8.73. The van der Waals surface area contributed by atoms with Gasteiger partial charge >= 0.3 is 19.8 Å². The number of ether oxygens (including phenoxy) is 2. The molecule has 0 aliphatic rings. The summed E-state index contributed by atoms with van der Waals surface area (Å²) in [4.78, 5) is 35.3. The van der Waals surface area contributed by atoms with E-state index < -0.39 is 32.5 Å². The number of carbonyl (C=O) groups is 2. The van der Waals surface area contributed by atoms with Gasteiger partial charge in [-0.25, -0.2) is 4.57 Å². The van der Waals surface area contributed by atoms with Crippen LogP contribution in [0.2, 0.25) is 0 Å². The van der Waals surface area contributed by atoms with Crippen molar-refractivity contribution < 1.29 is 42.1 Å². The van der Waals surface area contributed by atoms with Crippen molar-refractivity contribution >= 4 is 19.8 Å². The lowest BCUT2D eigenvalue weighted by atomic mass is 10.1. The minimum Gasteiger partial charge on any atom is -0.462 e. The Morgan fingerprint density at radius 3 is 1.59 bits per heavy atom. The molecule has 0 fully saturated rings. The molecule has 0 aliphatic carbocycles. The first kappa shape index (κ1) is 53.5. The molecule has 0 spiro atoms. The van der Waals surface area contributed by atoms with Gasteiger partial charge in [0.05, 0.1) is 27.7 Å². The number of esters is 2. The normalized spacial score (nSPS) is 14.3. The molecule has 10 heteroatoms. The molecule has 0 amide bonds. The number of likely N-dealkylation sites (N-methyl/N-ethyl adjacent to an activating group) is 1. The number of unbranched alkanes of at least 4 members (excludes halogenated alkanes) is 12. The van der Waals surface area contributed by atoms with Gasteiger partial charge in [0, 0.05) is 12.8 Å². The van der Waals surface area contributed by atoms with Crippen LogP contribution in [0.3, 0.4) is 0 Å². The molecule has 0 aromatic rings. The number of nitrogens with zero attached hydrogens (tertiary/aromatic N) is 1. The smallest absolute Gasteiger partial charge is 0.462 e. The second-order valence-corrected chi connectivity index (χ2v) is 16.8. The van der Waals surface area contributed by atoms with E-state index in [0.717, 1.165) is 77.0 Å². The van der Waals surface area contributed by atoms with Gasteiger partial charge in [0.2, 0.25) is 0 Å². The molecule has 322 valence electrons. The number of hydrogen-bond donors (Lipinski definition) is 1. The van der Waals surface area contributed by atoms with Gasteiger partial charge in [-0.15, -0.1) is 0 Å². The number of phosphoric acid groups is 1. The fourth-order valence-electron chi connectivity index (χ4n) is 5.35. The van der Waals surface area contributed by atoms with E-state index in [0.29, 0.717) is 23.9 Å². The average molecular weight is 807 g/mol. The number of allylic oxidation sites excluding steroid dienone is 12. The summed E-state index contributed by atoms with van der Waals surface area (Å²) in [6.07, 6.45) is 46.8. The Morgan fingerprint density at radius 2 is 1.05 bits per heavy atom. The lowest BCUT2D eigenvalue weighted by Crippen LogP contribution is -2.37. The summed E-state index contributed by atoms with van der Waals surface area (Å²) in [6, 6.07) is 0. The molecule has 0 heterocycles. The van der Waals surface area contributed by atoms with E-state index in [9.17, 15) is 19.0 Å². The summed E-state index contributed by atoms with van der Waals surface area (Å²) in [5.74, 6) is -0.900. The van der Waals surface area contributed by atoms with E-state index in [1.54, 1.807) is 0 Å². The van der Waals surface area contributed by atoms with Crippen molar-refractivity contribution in [1.29, 1.82) is 0 Å². The topological polar surface area (TPSA) is 108 Å². The third-order valence-corrected chi connectivity index (χ3v) is 9.72. The van der Waals surface area contributed by atoms with Crippen molar-refractivity contribution in [2.45, 2.75) is 161 Å². The predicted molar refractivity (Wildman–Crippen MR) is 233 cm³/mol. The van der Waals surface area contributed by atoms with Crippen molar-refractivity contribution in [3.8, 4) is 0 Å². The quantitative estimate of drug-likeness (QED) is 0.0216. The fraction of sp³-hybridized carbons (Fsp3) is 0.696. The average Bonchev–Trinajstić information content (AvgIpc) is 3.15. The zero-order valence-electron chi connectivity index (χ0n) is 36.1. The van der Waals surface area contributed by atoms with Crippen LogP contribution in [-0.4, -0.2) is 74.9 Å². The molecule has 0 aromatic carbocycles. The molecular weight excluding hydrogens is 725 g/mol. The first-order valence-corrected chi connectivity index (χ1v) is 23.2. The van der Waals surface area contributed by atoms with Gasteiger partial charge in [-0.3, -0.25) is 18.6 Å². The van der Waals surface area contributed by atoms with Crippen LogP contribution >= 0.6 is 7.82 Å². The van der Waals surface area contributed by atoms with E-state index in [2.05, 4.69) is 74.6 Å². The van der Waals surface area contributed by atoms with Crippen molar-refractivity contribution in [3.05, 3.63) is 72.9 Å². The predicted octanol–water partition coefficient (Wildman–Crippen LogP) is 12.2. The summed E-state index contributed by atoms with van der Waals surface area (Å²) in [5, 5.41) is 0. The second-order valence-electron chi connectivity index (χ2n) is 15.3. The largest absolute Gasteiger partial charge is 0.472 e. The van der Waals surface area contributed by atoms with Gasteiger partial charge in [0.1, 0.15) is 19.8 Å². The first-order valence-electron chi connectivity index (χ1n) is 21.7. The van der Waals surface area contributed by atoms with Crippen LogP contribution in [0.15, 0.2) is 72.9 Å². The Kier molecular flexibility index (Phi) is 36.3. The second kappa shape index (κ2) is 38.0. The molecule has 0 aromatic heterocycles. The van der Waals surface area contributed by atoms with Crippen molar-refractivity contribution in [2.24, 2.45) is 0 Å². The Balaban J connectivity index is 4.44. The maximum Gasteiger partial charge on any atom is 0.472 e. The molecule has 0 saturated heterocycles. The number of carbonyl (C=O) groups excluding carboxylic acids is 2. The minimum absolute atomic E-state index is 0.0164. The number of rotatable bonds is 38. The molecule has 9 nitrogen and oxygen atoms in total. The zero-order valence-corrected chi connectivity index (χ0v) is 37.0. The third kappa shape index (κ3) is 41.1. The van der Waals surface area contributed by atoms with Crippen LogP contribution in [0.5, 0.6) is 0 Å².